The van der Waals surface area contributed by atoms with Gasteiger partial charge in [-0.15, -0.1) is 0 Å². The van der Waals surface area contributed by atoms with E-state index >= 15 is 0 Å². The van der Waals surface area contributed by atoms with Crippen molar-refractivity contribution in [3.05, 3.63) is 51.9 Å². The number of rotatable bonds is 6. The van der Waals surface area contributed by atoms with Crippen LogP contribution in [0.4, 0.5) is 0 Å². The van der Waals surface area contributed by atoms with Gasteiger partial charge in [-0.25, -0.2) is 0 Å². The van der Waals surface area contributed by atoms with Crippen LogP contribution in [0.3, 0.4) is 0 Å². The molecule has 6 nitrogen and oxygen atoms in total. The molecule has 23 heavy (non-hydrogen) atoms. The highest BCUT2D eigenvalue weighted by atomic mass is 35.5. The average molecular weight is 337 g/mol. The number of hydrogen-bond donors (Lipinski definition) is 2. The maximum Gasteiger partial charge on any atom is 0.305 e. The van der Waals surface area contributed by atoms with E-state index in [-0.39, 0.29) is 18.7 Å². The largest absolute Gasteiger partial charge is 0.481 e. The molecule has 2 aromatic rings. The fourth-order valence-corrected chi connectivity index (χ4v) is 2.60. The van der Waals surface area contributed by atoms with E-state index in [4.69, 9.17) is 21.2 Å². The number of aromatic nitrogens is 1. The first-order valence-electron chi connectivity index (χ1n) is 7.05. The summed E-state index contributed by atoms with van der Waals surface area (Å²) in [6.07, 6.45) is -0.182. The fraction of sp³-hybridized carbons (Fsp3) is 0.312. The predicted octanol–water partition coefficient (Wildman–Crippen LogP) is 2.82. The molecule has 0 aliphatic rings. The van der Waals surface area contributed by atoms with Crippen LogP contribution in [0.15, 0.2) is 28.8 Å². The smallest absolute Gasteiger partial charge is 0.305 e. The van der Waals surface area contributed by atoms with Crippen LogP contribution in [0.1, 0.15) is 35.0 Å². The van der Waals surface area contributed by atoms with Crippen LogP contribution in [0.25, 0.3) is 0 Å². The summed E-state index contributed by atoms with van der Waals surface area (Å²) in [6.45, 7) is 3.48. The van der Waals surface area contributed by atoms with Crippen molar-refractivity contribution in [2.24, 2.45) is 0 Å². The molecule has 1 aromatic heterocycles. The molecule has 0 aliphatic heterocycles. The van der Waals surface area contributed by atoms with Crippen molar-refractivity contribution in [1.29, 1.82) is 0 Å². The number of aliphatic carboxylic acids is 1. The van der Waals surface area contributed by atoms with Crippen LogP contribution in [0.2, 0.25) is 5.02 Å². The van der Waals surface area contributed by atoms with Gasteiger partial charge in [0.15, 0.2) is 0 Å². The van der Waals surface area contributed by atoms with Crippen LogP contribution < -0.4 is 5.32 Å². The summed E-state index contributed by atoms with van der Waals surface area (Å²) in [5.41, 5.74) is 1.92. The molecule has 1 amide bonds. The van der Waals surface area contributed by atoms with E-state index in [2.05, 4.69) is 10.5 Å². The molecule has 0 aliphatic carbocycles. The monoisotopic (exact) mass is 336 g/mol. The number of nitrogens with one attached hydrogen (secondary N) is 1. The zero-order valence-corrected chi connectivity index (χ0v) is 13.6. The van der Waals surface area contributed by atoms with E-state index < -0.39 is 12.0 Å². The van der Waals surface area contributed by atoms with Crippen LogP contribution in [0, 0.1) is 13.8 Å². The lowest BCUT2D eigenvalue weighted by atomic mass is 10.0. The molecule has 1 heterocycles. The molecule has 2 rings (SSSR count). The van der Waals surface area contributed by atoms with E-state index in [0.29, 0.717) is 27.6 Å². The van der Waals surface area contributed by atoms with Crippen LogP contribution in [0.5, 0.6) is 0 Å². The molecule has 122 valence electrons. The standard InChI is InChI=1S/C16H17ClN2O4/c1-9-12(10(2)23-19-9)7-15(20)18-14(8-16(21)22)11-5-3-4-6-13(11)17/h3-6,14H,7-8H2,1-2H3,(H,18,20)(H,21,22). The summed E-state index contributed by atoms with van der Waals surface area (Å²) in [5, 5.41) is 16.0. The van der Waals surface area contributed by atoms with Gasteiger partial charge >= 0.3 is 5.97 Å². The molecule has 0 saturated heterocycles. The average Bonchev–Trinajstić information content (AvgIpc) is 2.78. The summed E-state index contributed by atoms with van der Waals surface area (Å²) in [4.78, 5) is 23.4. The number of carbonyl (C=O) groups excluding carboxylic acids is 1. The molecule has 0 fully saturated rings. The van der Waals surface area contributed by atoms with Crippen molar-refractivity contribution in [3.63, 3.8) is 0 Å². The lowest BCUT2D eigenvalue weighted by molar-refractivity contribution is -0.137. The number of amides is 1. The van der Waals surface area contributed by atoms with Crippen molar-refractivity contribution < 1.29 is 19.2 Å². The highest BCUT2D eigenvalue weighted by molar-refractivity contribution is 6.31. The highest BCUT2D eigenvalue weighted by Crippen LogP contribution is 2.25. The second-order valence-corrected chi connectivity index (χ2v) is 5.63. The second kappa shape index (κ2) is 7.28. The SMILES string of the molecule is Cc1noc(C)c1CC(=O)NC(CC(=O)O)c1ccccc1Cl. The summed E-state index contributed by atoms with van der Waals surface area (Å²) in [7, 11) is 0. The molecule has 1 unspecified atom stereocenters. The van der Waals surface area contributed by atoms with E-state index in [9.17, 15) is 9.59 Å². The maximum absolute atomic E-state index is 12.3. The topological polar surface area (TPSA) is 92.4 Å². The molecule has 2 N–H and O–H groups in total. The summed E-state index contributed by atoms with van der Waals surface area (Å²) in [5.74, 6) is -0.761. The van der Waals surface area contributed by atoms with E-state index in [1.807, 2.05) is 0 Å². The predicted molar refractivity (Wildman–Crippen MR) is 84.3 cm³/mol. The van der Waals surface area contributed by atoms with Crippen molar-refractivity contribution in [1.82, 2.24) is 10.5 Å². The van der Waals surface area contributed by atoms with Gasteiger partial charge in [0.05, 0.1) is 24.6 Å². The summed E-state index contributed by atoms with van der Waals surface area (Å²) < 4.78 is 5.02. The molecule has 0 spiro atoms. The Labute approximate surface area is 138 Å². The zero-order valence-electron chi connectivity index (χ0n) is 12.8. The van der Waals surface area contributed by atoms with Gasteiger partial charge in [0.25, 0.3) is 0 Å². The first-order chi connectivity index (χ1) is 10.9. The minimum Gasteiger partial charge on any atom is -0.481 e. The maximum atomic E-state index is 12.3. The first-order valence-corrected chi connectivity index (χ1v) is 7.43. The van der Waals surface area contributed by atoms with Crippen LogP contribution >= 0.6 is 11.6 Å². The number of carbonyl (C=O) groups is 2. The second-order valence-electron chi connectivity index (χ2n) is 5.22. The van der Waals surface area contributed by atoms with Gasteiger partial charge in [-0.2, -0.15) is 0 Å². The molecule has 1 aromatic carbocycles. The summed E-state index contributed by atoms with van der Waals surface area (Å²) >= 11 is 6.11. The van der Waals surface area contributed by atoms with Gasteiger partial charge in [-0.1, -0.05) is 35.0 Å². The third-order valence-electron chi connectivity index (χ3n) is 3.51. The molecular weight excluding hydrogens is 320 g/mol. The molecular formula is C16H17ClN2O4. The van der Waals surface area contributed by atoms with Crippen LogP contribution in [-0.4, -0.2) is 22.1 Å². The minimum absolute atomic E-state index is 0.0712. The third kappa shape index (κ3) is 4.32. The van der Waals surface area contributed by atoms with E-state index in [1.165, 1.54) is 0 Å². The normalized spacial score (nSPS) is 12.0. The number of nitrogens with zero attached hydrogens (tertiary/aromatic N) is 1. The van der Waals surface area contributed by atoms with E-state index in [0.717, 1.165) is 0 Å². The lowest BCUT2D eigenvalue weighted by Crippen LogP contribution is -2.31. The quantitative estimate of drug-likeness (QED) is 0.846. The van der Waals surface area contributed by atoms with Gasteiger partial charge in [0, 0.05) is 10.6 Å². The Kier molecular flexibility index (Phi) is 5.39. The Morgan fingerprint density at radius 1 is 1.35 bits per heavy atom. The molecule has 0 bridgehead atoms. The Morgan fingerprint density at radius 2 is 2.04 bits per heavy atom. The van der Waals surface area contributed by atoms with Gasteiger partial charge < -0.3 is 14.9 Å². The summed E-state index contributed by atoms with van der Waals surface area (Å²) in [6, 6.07) is 6.15. The molecule has 7 heteroatoms. The minimum atomic E-state index is -1.02. The van der Waals surface area contributed by atoms with Crippen molar-refractivity contribution in [2.45, 2.75) is 32.7 Å². The Bertz CT molecular complexity index is 707. The molecule has 0 radical (unpaired) electrons. The van der Waals surface area contributed by atoms with E-state index in [1.54, 1.807) is 38.1 Å². The Morgan fingerprint density at radius 3 is 2.61 bits per heavy atom. The highest BCUT2D eigenvalue weighted by Gasteiger charge is 2.22. The Balaban J connectivity index is 2.16. The number of carboxylic acids is 1. The van der Waals surface area contributed by atoms with Crippen molar-refractivity contribution in [2.75, 3.05) is 0 Å². The third-order valence-corrected chi connectivity index (χ3v) is 3.86. The molecule has 0 saturated carbocycles. The lowest BCUT2D eigenvalue weighted by Gasteiger charge is -2.18. The van der Waals surface area contributed by atoms with Gasteiger partial charge in [-0.3, -0.25) is 9.59 Å². The number of carboxylic acid groups (broad SMARTS) is 1. The number of benzene rings is 1. The number of halogens is 1. The van der Waals surface area contributed by atoms with Crippen molar-refractivity contribution >= 4 is 23.5 Å². The number of hydrogen-bond acceptors (Lipinski definition) is 4. The van der Waals surface area contributed by atoms with Gasteiger partial charge in [0.1, 0.15) is 5.76 Å². The van der Waals surface area contributed by atoms with Crippen LogP contribution in [-0.2, 0) is 16.0 Å². The number of aryl methyl sites for hydroxylation is 2. The van der Waals surface area contributed by atoms with Crippen molar-refractivity contribution in [3.8, 4) is 0 Å². The van der Waals surface area contributed by atoms with Gasteiger partial charge in [-0.05, 0) is 25.5 Å². The van der Waals surface area contributed by atoms with Gasteiger partial charge in [0.2, 0.25) is 5.91 Å². The zero-order chi connectivity index (χ0) is 17.0. The molecule has 1 atom stereocenters. The first kappa shape index (κ1) is 17.0. The fourth-order valence-electron chi connectivity index (χ4n) is 2.33. The Hall–Kier alpha value is -2.34.